The first-order valence-electron chi connectivity index (χ1n) is 8.79. The molecule has 2 aromatic heterocycles. The second-order valence-electron chi connectivity index (χ2n) is 6.50. The van der Waals surface area contributed by atoms with Crippen LogP contribution in [0.3, 0.4) is 0 Å². The molecule has 3 rings (SSSR count). The lowest BCUT2D eigenvalue weighted by Crippen LogP contribution is -2.15. The number of aromatic nitrogens is 4. The second-order valence-corrected chi connectivity index (χ2v) is 7.81. The highest BCUT2D eigenvalue weighted by molar-refractivity contribution is 8.00. The lowest BCUT2D eigenvalue weighted by molar-refractivity contribution is 0.0988. The molecule has 1 aromatic carbocycles. The Morgan fingerprint density at radius 1 is 1.18 bits per heavy atom. The molecular weight excluding hydrogens is 376 g/mol. The molecule has 146 valence electrons. The summed E-state index contributed by atoms with van der Waals surface area (Å²) in [6.07, 6.45) is 0. The van der Waals surface area contributed by atoms with Crippen molar-refractivity contribution in [2.45, 2.75) is 38.1 Å². The summed E-state index contributed by atoms with van der Waals surface area (Å²) in [6, 6.07) is 7.47. The molecule has 0 aliphatic heterocycles. The Kier molecular flexibility index (Phi) is 5.69. The maximum atomic E-state index is 12.9. The molecule has 8 heteroatoms. The van der Waals surface area contributed by atoms with Gasteiger partial charge < -0.3 is 9.72 Å². The quantitative estimate of drug-likeness (QED) is 0.461. The number of thioether (sulfide) groups is 1. The number of nitrogens with one attached hydrogen (secondary N) is 2. The van der Waals surface area contributed by atoms with Crippen LogP contribution in [-0.4, -0.2) is 44.1 Å². The highest BCUT2D eigenvalue weighted by atomic mass is 32.2. The van der Waals surface area contributed by atoms with Crippen LogP contribution in [0.2, 0.25) is 0 Å². The average Bonchev–Trinajstić information content (AvgIpc) is 3.25. The first-order chi connectivity index (χ1) is 13.3. The maximum absolute atomic E-state index is 12.9. The van der Waals surface area contributed by atoms with Crippen LogP contribution < -0.4 is 4.74 Å². The number of ketones is 2. The van der Waals surface area contributed by atoms with Crippen molar-refractivity contribution in [2.75, 3.05) is 7.11 Å². The van der Waals surface area contributed by atoms with Crippen molar-refractivity contribution in [1.82, 2.24) is 20.2 Å². The SMILES string of the molecule is COc1ccc(-c2nc(S[C@@H](C)C(=O)c3[nH]c(C)c(C(C)=O)c3C)n[nH]2)cc1. The van der Waals surface area contributed by atoms with Crippen LogP contribution in [0.15, 0.2) is 29.4 Å². The molecule has 2 N–H and O–H groups in total. The highest BCUT2D eigenvalue weighted by Crippen LogP contribution is 2.27. The lowest BCUT2D eigenvalue weighted by atomic mass is 10.0. The molecule has 0 saturated heterocycles. The van der Waals surface area contributed by atoms with E-state index in [-0.39, 0.29) is 11.6 Å². The molecule has 0 bridgehead atoms. The van der Waals surface area contributed by atoms with Gasteiger partial charge in [-0.05, 0) is 57.5 Å². The fourth-order valence-corrected chi connectivity index (χ4v) is 3.90. The van der Waals surface area contributed by atoms with Gasteiger partial charge in [0.1, 0.15) is 5.75 Å². The summed E-state index contributed by atoms with van der Waals surface area (Å²) in [5, 5.41) is 7.18. The number of methoxy groups -OCH3 is 1. The summed E-state index contributed by atoms with van der Waals surface area (Å²) in [5.41, 5.74) is 3.33. The monoisotopic (exact) mass is 398 g/mol. The standard InChI is InChI=1S/C20H22N4O3S/c1-10-16(12(3)25)11(2)21-17(10)18(26)13(4)28-20-22-19(23-24-20)14-6-8-15(27-5)9-7-14/h6-9,13,21H,1-5H3,(H,22,23,24)/t13-/m0/s1. The number of hydrogen-bond acceptors (Lipinski definition) is 6. The fourth-order valence-electron chi connectivity index (χ4n) is 3.12. The molecule has 3 aromatic rings. The molecule has 0 unspecified atom stereocenters. The first kappa shape index (κ1) is 19.9. The van der Waals surface area contributed by atoms with E-state index in [0.29, 0.717) is 33.5 Å². The van der Waals surface area contributed by atoms with Crippen molar-refractivity contribution in [1.29, 1.82) is 0 Å². The number of H-pyrrole nitrogens is 2. The molecule has 0 amide bonds. The number of carbonyl (C=O) groups is 2. The Morgan fingerprint density at radius 2 is 1.86 bits per heavy atom. The van der Waals surface area contributed by atoms with Crippen LogP contribution in [0.1, 0.15) is 46.0 Å². The third kappa shape index (κ3) is 3.87. The van der Waals surface area contributed by atoms with Crippen LogP contribution in [0, 0.1) is 13.8 Å². The number of benzene rings is 1. The Hall–Kier alpha value is -2.87. The molecule has 0 aliphatic rings. The summed E-state index contributed by atoms with van der Waals surface area (Å²) in [4.78, 5) is 32.2. The van der Waals surface area contributed by atoms with Crippen molar-refractivity contribution < 1.29 is 14.3 Å². The lowest BCUT2D eigenvalue weighted by Gasteiger charge is -2.07. The first-order valence-corrected chi connectivity index (χ1v) is 9.67. The molecule has 28 heavy (non-hydrogen) atoms. The number of hydrogen-bond donors (Lipinski definition) is 2. The van der Waals surface area contributed by atoms with E-state index in [0.717, 1.165) is 11.3 Å². The number of aryl methyl sites for hydroxylation is 1. The number of aromatic amines is 2. The van der Waals surface area contributed by atoms with Gasteiger partial charge in [0.25, 0.3) is 0 Å². The van der Waals surface area contributed by atoms with E-state index in [4.69, 9.17) is 4.74 Å². The van der Waals surface area contributed by atoms with Crippen LogP contribution in [0.4, 0.5) is 0 Å². The van der Waals surface area contributed by atoms with Crippen molar-refractivity contribution in [3.8, 4) is 17.1 Å². The topological polar surface area (TPSA) is 101 Å². The number of rotatable bonds is 7. The Labute approximate surface area is 167 Å². The van der Waals surface area contributed by atoms with Crippen LogP contribution in [0.25, 0.3) is 11.4 Å². The van der Waals surface area contributed by atoms with Crippen molar-refractivity contribution in [2.24, 2.45) is 0 Å². The fraction of sp³-hybridized carbons (Fsp3) is 0.300. The molecule has 0 saturated carbocycles. The zero-order valence-corrected chi connectivity index (χ0v) is 17.2. The van der Waals surface area contributed by atoms with Gasteiger partial charge in [-0.1, -0.05) is 11.8 Å². The molecule has 0 spiro atoms. The van der Waals surface area contributed by atoms with Gasteiger partial charge in [-0.2, -0.15) is 0 Å². The van der Waals surface area contributed by atoms with Crippen LogP contribution >= 0.6 is 11.8 Å². The molecule has 7 nitrogen and oxygen atoms in total. The van der Waals surface area contributed by atoms with Crippen molar-refractivity contribution >= 4 is 23.3 Å². The molecule has 1 atom stereocenters. The third-order valence-electron chi connectivity index (χ3n) is 4.52. The van der Waals surface area contributed by atoms with E-state index in [9.17, 15) is 9.59 Å². The predicted molar refractivity (Wildman–Crippen MR) is 108 cm³/mol. The zero-order chi connectivity index (χ0) is 20.4. The van der Waals surface area contributed by atoms with Gasteiger partial charge in [-0.3, -0.25) is 14.7 Å². The summed E-state index contributed by atoms with van der Waals surface area (Å²) < 4.78 is 5.15. The average molecular weight is 398 g/mol. The zero-order valence-electron chi connectivity index (χ0n) is 16.4. The predicted octanol–water partition coefficient (Wildman–Crippen LogP) is 3.99. The summed E-state index contributed by atoms with van der Waals surface area (Å²) in [5.74, 6) is 1.24. The van der Waals surface area contributed by atoms with E-state index in [2.05, 4.69) is 20.2 Å². The minimum atomic E-state index is -0.406. The summed E-state index contributed by atoms with van der Waals surface area (Å²) in [6.45, 7) is 6.90. The van der Waals surface area contributed by atoms with Crippen molar-refractivity contribution in [3.05, 3.63) is 46.8 Å². The minimum Gasteiger partial charge on any atom is -0.497 e. The van der Waals surface area contributed by atoms with E-state index in [1.165, 1.54) is 18.7 Å². The largest absolute Gasteiger partial charge is 0.497 e. The normalized spacial score (nSPS) is 12.0. The third-order valence-corrected chi connectivity index (χ3v) is 5.48. The number of nitrogens with zero attached hydrogens (tertiary/aromatic N) is 2. The molecule has 0 aliphatic carbocycles. The number of ether oxygens (including phenoxy) is 1. The molecular formula is C20H22N4O3S. The van der Waals surface area contributed by atoms with Gasteiger partial charge in [0.2, 0.25) is 5.16 Å². The van der Waals surface area contributed by atoms with Gasteiger partial charge in [-0.15, -0.1) is 5.10 Å². The van der Waals surface area contributed by atoms with E-state index in [1.54, 1.807) is 27.9 Å². The Balaban J connectivity index is 1.75. The molecule has 0 radical (unpaired) electrons. The highest BCUT2D eigenvalue weighted by Gasteiger charge is 2.25. The Bertz CT molecular complexity index is 1020. The maximum Gasteiger partial charge on any atom is 0.209 e. The van der Waals surface area contributed by atoms with Gasteiger partial charge in [0, 0.05) is 16.8 Å². The van der Waals surface area contributed by atoms with Gasteiger partial charge in [-0.25, -0.2) is 4.98 Å². The van der Waals surface area contributed by atoms with Crippen molar-refractivity contribution in [3.63, 3.8) is 0 Å². The van der Waals surface area contributed by atoms with Gasteiger partial charge in [0.05, 0.1) is 18.1 Å². The summed E-state index contributed by atoms with van der Waals surface area (Å²) in [7, 11) is 1.61. The number of carbonyl (C=O) groups excluding carboxylic acids is 2. The van der Waals surface area contributed by atoms with Crippen LogP contribution in [0.5, 0.6) is 5.75 Å². The minimum absolute atomic E-state index is 0.0521. The number of Topliss-reactive ketones (excluding diaryl/α,β-unsaturated/α-hetero) is 2. The summed E-state index contributed by atoms with van der Waals surface area (Å²) >= 11 is 1.27. The second kappa shape index (κ2) is 8.02. The molecule has 2 heterocycles. The Morgan fingerprint density at radius 3 is 2.43 bits per heavy atom. The smallest absolute Gasteiger partial charge is 0.209 e. The van der Waals surface area contributed by atoms with Gasteiger partial charge >= 0.3 is 0 Å². The van der Waals surface area contributed by atoms with Crippen LogP contribution in [-0.2, 0) is 0 Å². The van der Waals surface area contributed by atoms with Gasteiger partial charge in [0.15, 0.2) is 17.4 Å². The molecule has 0 fully saturated rings. The van der Waals surface area contributed by atoms with E-state index < -0.39 is 5.25 Å². The van der Waals surface area contributed by atoms with E-state index >= 15 is 0 Å². The van der Waals surface area contributed by atoms with E-state index in [1.807, 2.05) is 24.3 Å².